The summed E-state index contributed by atoms with van der Waals surface area (Å²) in [7, 11) is 0. The second-order valence-electron chi connectivity index (χ2n) is 5.96. The summed E-state index contributed by atoms with van der Waals surface area (Å²) in [4.78, 5) is 23.4. The van der Waals surface area contributed by atoms with E-state index < -0.39 is 17.9 Å². The average molecular weight is 286 g/mol. The monoisotopic (exact) mass is 286 g/mol. The van der Waals surface area contributed by atoms with E-state index in [2.05, 4.69) is 0 Å². The van der Waals surface area contributed by atoms with Crippen LogP contribution in [0.1, 0.15) is 66.2 Å². The van der Waals surface area contributed by atoms with Gasteiger partial charge < -0.3 is 14.2 Å². The molecular formula is C15H26O5. The van der Waals surface area contributed by atoms with Gasteiger partial charge in [0.2, 0.25) is 6.29 Å². The van der Waals surface area contributed by atoms with Crippen LogP contribution in [0.3, 0.4) is 0 Å². The normalized spacial score (nSPS) is 18.2. The highest BCUT2D eigenvalue weighted by atomic mass is 16.8. The van der Waals surface area contributed by atoms with Crippen molar-refractivity contribution < 1.29 is 23.8 Å². The van der Waals surface area contributed by atoms with Crippen molar-refractivity contribution in [2.75, 3.05) is 0 Å². The van der Waals surface area contributed by atoms with Crippen molar-refractivity contribution >= 4 is 12.1 Å². The lowest BCUT2D eigenvalue weighted by Crippen LogP contribution is -2.32. The Hall–Kier alpha value is -1.26. The molecule has 5 heteroatoms. The maximum atomic E-state index is 11.8. The van der Waals surface area contributed by atoms with Gasteiger partial charge in [-0.05, 0) is 46.0 Å². The van der Waals surface area contributed by atoms with Gasteiger partial charge in [0.05, 0.1) is 5.41 Å². The van der Waals surface area contributed by atoms with E-state index in [4.69, 9.17) is 14.2 Å². The van der Waals surface area contributed by atoms with Crippen LogP contribution in [0, 0.1) is 5.41 Å². The average Bonchev–Trinajstić information content (AvgIpc) is 2.39. The van der Waals surface area contributed by atoms with Gasteiger partial charge in [-0.15, -0.1) is 0 Å². The number of ether oxygens (including phenoxy) is 3. The molecule has 1 unspecified atom stereocenters. The molecule has 116 valence electrons. The van der Waals surface area contributed by atoms with E-state index in [1.165, 1.54) is 13.3 Å². The highest BCUT2D eigenvalue weighted by Gasteiger charge is 2.30. The quantitative estimate of drug-likeness (QED) is 0.568. The molecule has 0 N–H and O–H groups in total. The van der Waals surface area contributed by atoms with Crippen molar-refractivity contribution in [3.8, 4) is 0 Å². The van der Waals surface area contributed by atoms with Gasteiger partial charge in [0.15, 0.2) is 0 Å². The minimum Gasteiger partial charge on any atom is -0.431 e. The molecule has 0 saturated heterocycles. The van der Waals surface area contributed by atoms with Gasteiger partial charge in [0.1, 0.15) is 6.10 Å². The number of carbonyl (C=O) groups is 2. The Morgan fingerprint density at radius 3 is 2.30 bits per heavy atom. The Kier molecular flexibility index (Phi) is 6.30. The summed E-state index contributed by atoms with van der Waals surface area (Å²) in [5.41, 5.74) is -0.578. The molecule has 1 atom stereocenters. The highest BCUT2D eigenvalue weighted by molar-refractivity contribution is 5.76. The van der Waals surface area contributed by atoms with Gasteiger partial charge in [-0.3, -0.25) is 4.79 Å². The number of rotatable bonds is 5. The summed E-state index contributed by atoms with van der Waals surface area (Å²) < 4.78 is 15.3. The van der Waals surface area contributed by atoms with Crippen molar-refractivity contribution in [1.29, 1.82) is 0 Å². The summed E-state index contributed by atoms with van der Waals surface area (Å²) in [5, 5.41) is 0. The summed E-state index contributed by atoms with van der Waals surface area (Å²) in [6, 6.07) is 0. The molecule has 20 heavy (non-hydrogen) atoms. The first kappa shape index (κ1) is 16.8. The molecule has 0 aliphatic heterocycles. The fraction of sp³-hybridized carbons (Fsp3) is 0.867. The lowest BCUT2D eigenvalue weighted by atomic mass is 9.91. The minimum atomic E-state index is -0.926. The van der Waals surface area contributed by atoms with Gasteiger partial charge in [-0.25, -0.2) is 4.79 Å². The maximum absolute atomic E-state index is 11.8. The third-order valence-corrected chi connectivity index (χ3v) is 3.79. The number of esters is 1. The number of hydrogen-bond acceptors (Lipinski definition) is 5. The van der Waals surface area contributed by atoms with Crippen LogP contribution >= 0.6 is 0 Å². The molecule has 0 aromatic carbocycles. The van der Waals surface area contributed by atoms with E-state index in [9.17, 15) is 9.59 Å². The summed E-state index contributed by atoms with van der Waals surface area (Å²) in [5.74, 6) is -0.377. The molecule has 1 rings (SSSR count). The SMILES string of the molecule is CCC(C)(C)C(=O)OC(C)OC(=O)OC1CCCCC1. The van der Waals surface area contributed by atoms with E-state index in [0.29, 0.717) is 6.42 Å². The molecule has 0 aromatic heterocycles. The van der Waals surface area contributed by atoms with Gasteiger partial charge in [0, 0.05) is 6.92 Å². The van der Waals surface area contributed by atoms with Crippen LogP contribution in [0.2, 0.25) is 0 Å². The van der Waals surface area contributed by atoms with Gasteiger partial charge in [-0.2, -0.15) is 0 Å². The topological polar surface area (TPSA) is 61.8 Å². The molecule has 0 spiro atoms. The molecule has 0 bridgehead atoms. The zero-order chi connectivity index (χ0) is 15.2. The van der Waals surface area contributed by atoms with Crippen molar-refractivity contribution in [1.82, 2.24) is 0 Å². The van der Waals surface area contributed by atoms with Crippen LogP contribution in [0.5, 0.6) is 0 Å². The van der Waals surface area contributed by atoms with Crippen LogP contribution in [0.4, 0.5) is 4.79 Å². The van der Waals surface area contributed by atoms with Gasteiger partial charge in [-0.1, -0.05) is 13.3 Å². The molecule has 0 amide bonds. The van der Waals surface area contributed by atoms with Crippen molar-refractivity contribution in [2.24, 2.45) is 5.41 Å². The van der Waals surface area contributed by atoms with Crippen LogP contribution < -0.4 is 0 Å². The van der Waals surface area contributed by atoms with E-state index in [1.807, 2.05) is 6.92 Å². The maximum Gasteiger partial charge on any atom is 0.511 e. The fourth-order valence-corrected chi connectivity index (χ4v) is 1.96. The lowest BCUT2D eigenvalue weighted by molar-refractivity contribution is -0.179. The fourth-order valence-electron chi connectivity index (χ4n) is 1.96. The van der Waals surface area contributed by atoms with Crippen molar-refractivity contribution in [3.05, 3.63) is 0 Å². The minimum absolute atomic E-state index is 0.0637. The smallest absolute Gasteiger partial charge is 0.431 e. The van der Waals surface area contributed by atoms with Crippen LogP contribution in [-0.2, 0) is 19.0 Å². The molecule has 5 nitrogen and oxygen atoms in total. The molecule has 1 aliphatic rings. The first-order valence-electron chi connectivity index (χ1n) is 7.43. The van der Waals surface area contributed by atoms with E-state index >= 15 is 0 Å². The van der Waals surface area contributed by atoms with Crippen molar-refractivity contribution in [3.63, 3.8) is 0 Å². The van der Waals surface area contributed by atoms with Crippen molar-refractivity contribution in [2.45, 2.75) is 78.6 Å². The summed E-state index contributed by atoms with van der Waals surface area (Å²) in [6.07, 6.45) is 4.01. The Morgan fingerprint density at radius 2 is 1.75 bits per heavy atom. The lowest BCUT2D eigenvalue weighted by Gasteiger charge is -2.24. The molecule has 1 aliphatic carbocycles. The Bertz CT molecular complexity index is 331. The van der Waals surface area contributed by atoms with Crippen LogP contribution in [0.25, 0.3) is 0 Å². The third-order valence-electron chi connectivity index (χ3n) is 3.79. The van der Waals surface area contributed by atoms with Gasteiger partial charge >= 0.3 is 12.1 Å². The highest BCUT2D eigenvalue weighted by Crippen LogP contribution is 2.23. The summed E-state index contributed by atoms with van der Waals surface area (Å²) >= 11 is 0. The Labute approximate surface area is 121 Å². The standard InChI is InChI=1S/C15H26O5/c1-5-15(3,4)13(16)18-11(2)19-14(17)20-12-9-7-6-8-10-12/h11-12H,5-10H2,1-4H3. The molecule has 0 radical (unpaired) electrons. The Morgan fingerprint density at radius 1 is 1.15 bits per heavy atom. The zero-order valence-electron chi connectivity index (χ0n) is 12.9. The molecule has 0 heterocycles. The van der Waals surface area contributed by atoms with Gasteiger partial charge in [0.25, 0.3) is 0 Å². The molecule has 1 fully saturated rings. The van der Waals surface area contributed by atoms with Crippen LogP contribution in [0.15, 0.2) is 0 Å². The predicted octanol–water partition coefficient (Wildman–Crippen LogP) is 3.80. The second-order valence-corrected chi connectivity index (χ2v) is 5.96. The largest absolute Gasteiger partial charge is 0.511 e. The Balaban J connectivity index is 2.32. The molecule has 0 aromatic rings. The number of hydrogen-bond donors (Lipinski definition) is 0. The van der Waals surface area contributed by atoms with E-state index in [0.717, 1.165) is 25.7 Å². The van der Waals surface area contributed by atoms with E-state index in [1.54, 1.807) is 13.8 Å². The zero-order valence-corrected chi connectivity index (χ0v) is 12.9. The molecule has 1 saturated carbocycles. The number of carbonyl (C=O) groups excluding carboxylic acids is 2. The first-order valence-corrected chi connectivity index (χ1v) is 7.43. The molecular weight excluding hydrogens is 260 g/mol. The third kappa shape index (κ3) is 5.39. The second kappa shape index (κ2) is 7.50. The first-order chi connectivity index (χ1) is 9.35. The van der Waals surface area contributed by atoms with Crippen LogP contribution in [-0.4, -0.2) is 24.5 Å². The summed E-state index contributed by atoms with van der Waals surface area (Å²) in [6.45, 7) is 7.01. The van der Waals surface area contributed by atoms with E-state index in [-0.39, 0.29) is 12.1 Å². The predicted molar refractivity (Wildman–Crippen MR) is 74.1 cm³/mol.